The molecule has 0 aliphatic rings. The molecule has 0 bridgehead atoms. The summed E-state index contributed by atoms with van der Waals surface area (Å²) in [6, 6.07) is 0. The van der Waals surface area contributed by atoms with Crippen LogP contribution in [0.15, 0.2) is 0 Å². The second kappa shape index (κ2) is 115. The van der Waals surface area contributed by atoms with Gasteiger partial charge < -0.3 is 200 Å². The molecule has 336 valence electrons. The van der Waals surface area contributed by atoms with Crippen molar-refractivity contribution in [3.63, 3.8) is 0 Å². The van der Waals surface area contributed by atoms with E-state index < -0.39 is 102 Å². The van der Waals surface area contributed by atoms with Gasteiger partial charge in [-0.25, -0.2) is 0 Å². The molecule has 0 fully saturated rings. The van der Waals surface area contributed by atoms with Gasteiger partial charge in [0.15, 0.2) is 0 Å². The van der Waals surface area contributed by atoms with E-state index in [0.29, 0.717) is 0 Å². The molecule has 0 aromatic carbocycles. The Balaban J connectivity index is -0.0000000110. The summed E-state index contributed by atoms with van der Waals surface area (Å²) in [4.78, 5) is 256. The third-order valence-electron chi connectivity index (χ3n) is 0. The Morgan fingerprint density at radius 1 is 0.188 bits per heavy atom. The average Bonchev–Trinajstić information content (AvgIpc) is 2.55. The molecule has 0 unspecified atom stereocenters. The smallest absolute Gasteiger partial charge is 0.822 e. The summed E-state index contributed by atoms with van der Waals surface area (Å²) < 4.78 is 102. The number of hydrogen-bond donors (Lipinski definition) is 0. The fourth-order valence-electron chi connectivity index (χ4n) is 0. The Morgan fingerprint density at radius 2 is 0.188 bits per heavy atom. The van der Waals surface area contributed by atoms with Crippen LogP contribution in [0.4, 0.5) is 0 Å². The van der Waals surface area contributed by atoms with E-state index in [-0.39, 0.29) is 423 Å². The summed E-state index contributed by atoms with van der Waals surface area (Å²) in [5, 5.41) is 0. The van der Waals surface area contributed by atoms with E-state index in [1.54, 1.807) is 0 Å². The Bertz CT molecular complexity index is 976. The summed E-state index contributed by atoms with van der Waals surface area (Å²) in [5.41, 5.74) is 0. The number of phosphoric acid groups is 6. The second-order valence-electron chi connectivity index (χ2n) is 4.18. The normalized spacial score (nSPS) is 7.22. The average molecular weight is 1480 g/mol. The molecule has 0 amide bonds. The van der Waals surface area contributed by atoms with Gasteiger partial charge in [-0.2, -0.15) is 46.9 Å². The van der Waals surface area contributed by atoms with Crippen LogP contribution in [0, 0.1) is 0 Å². The Kier molecular flexibility index (Phi) is 296. The fraction of sp³-hybridized carbons (Fsp3) is 0. The molecule has 0 aliphatic carbocycles. The summed E-state index contributed by atoms with van der Waals surface area (Å²) in [6.45, 7) is 0. The first-order chi connectivity index (χ1) is 22.4. The van der Waals surface area contributed by atoms with Crippen LogP contribution in [0.1, 0.15) is 0 Å². The van der Waals surface area contributed by atoms with E-state index in [0.717, 1.165) is 0 Å². The number of rotatable bonds is 0. The molecule has 0 aliphatic heterocycles. The van der Waals surface area contributed by atoms with Crippen LogP contribution in [0.5, 0.6) is 0 Å². The largest absolute Gasteiger partial charge is 3.00 e. The van der Waals surface area contributed by atoms with Crippen LogP contribution < -0.4 is 293 Å². The van der Waals surface area contributed by atoms with E-state index in [9.17, 15) is 0 Å². The van der Waals surface area contributed by atoms with Crippen LogP contribution >= 0.6 is 46.9 Å². The van der Waals surface area contributed by atoms with Crippen molar-refractivity contribution in [3.05, 3.63) is 0 Å². The van der Waals surface area contributed by atoms with Gasteiger partial charge in [0.1, 0.15) is 0 Å². The van der Waals surface area contributed by atoms with Crippen molar-refractivity contribution in [2.75, 3.05) is 0 Å². The van der Waals surface area contributed by atoms with E-state index >= 15 is 0 Å². The van der Waals surface area contributed by atoms with Gasteiger partial charge in [0.25, 0.3) is 0 Å². The van der Waals surface area contributed by atoms with Crippen LogP contribution in [0.3, 0.4) is 0 Å². The van der Waals surface area contributed by atoms with Gasteiger partial charge in [-0.1, -0.05) is 0 Å². The van der Waals surface area contributed by atoms with Crippen molar-refractivity contribution in [2.45, 2.75) is 0 Å². The zero-order valence-corrected chi connectivity index (χ0v) is 72.4. The molecule has 0 spiro atoms. The maximum absolute atomic E-state index is 8.55. The molecular weight excluding hydrogens is 1480 g/mol. The van der Waals surface area contributed by atoms with Gasteiger partial charge in [-0.15, -0.1) is 0 Å². The molecule has 0 rings (SSSR count). The molecule has 0 saturated carbocycles. The van der Waals surface area contributed by atoms with Gasteiger partial charge in [-0.3, -0.25) is 0 Å². The molecule has 0 saturated heterocycles. The first-order valence-corrected chi connectivity index (χ1v) is 24.2. The van der Waals surface area contributed by atoms with Crippen molar-refractivity contribution in [1.29, 1.82) is 0 Å². The van der Waals surface area contributed by atoms with Crippen LogP contribution in [0.2, 0.25) is 0 Å². The van der Waals surface area contributed by atoms with Gasteiger partial charge in [-0.05, 0) is 0 Å². The molecule has 42 nitrogen and oxygen atoms in total. The molecule has 0 atom stereocenters. The summed E-state index contributed by atoms with van der Waals surface area (Å²) in [7, 11) is -54.1. The quantitative estimate of drug-likeness (QED) is 0.160. The predicted molar refractivity (Wildman–Crippen MR) is 142 cm³/mol. The summed E-state index contributed by atoms with van der Waals surface area (Å²) in [5.74, 6) is 0. The predicted octanol–water partition coefficient (Wildman–Crippen LogP) is -53.0. The standard InChI is InChI=1S/5Al.5Ca.5Na.6H3O4P.6O3Si/c;;;;;;;;;;;;;;;6*1-5(2,3)4;6*1-4(2)3/h;;;;;;;;;;;;;;;6*(H3,1,2,3,4);;;;;;/q5*+3;5*+2;5*+1;;;;;;;6*-2/p-18. The van der Waals surface area contributed by atoms with Crippen molar-refractivity contribution in [3.8, 4) is 0 Å². The van der Waals surface area contributed by atoms with Crippen LogP contribution in [-0.2, 0) is 54.2 Å². The van der Waals surface area contributed by atoms with Gasteiger partial charge in [0.2, 0.25) is 0 Å². The van der Waals surface area contributed by atoms with Crippen LogP contribution in [-0.4, -0.2) is 331 Å². The van der Waals surface area contributed by atoms with Gasteiger partial charge in [0, 0.05) is 55.0 Å². The van der Waals surface area contributed by atoms with Crippen molar-refractivity contribution < 1.29 is 348 Å². The number of hydrogen-bond acceptors (Lipinski definition) is 42. The zero-order valence-electron chi connectivity index (χ0n) is 34.3. The zero-order chi connectivity index (χ0) is 48.5. The van der Waals surface area contributed by atoms with Crippen molar-refractivity contribution >= 4 is 377 Å². The first-order valence-electron chi connectivity index (χ1n) is 8.06. The molecule has 0 aromatic heterocycles. The molecular formula is Al5Ca5Na5O42P6Si6. The maximum atomic E-state index is 8.55. The fourth-order valence-corrected chi connectivity index (χ4v) is 0. The topological polar surface area (TPSA) is 897 Å². The van der Waals surface area contributed by atoms with Gasteiger partial charge >= 0.3 is 423 Å². The summed E-state index contributed by atoms with van der Waals surface area (Å²) >= 11 is 0. The Morgan fingerprint density at radius 3 is 0.188 bits per heavy atom. The minimum atomic E-state index is -5.39. The van der Waals surface area contributed by atoms with E-state index in [1.807, 2.05) is 0 Å². The molecule has 69 heavy (non-hydrogen) atoms. The molecule has 69 heteroatoms. The first kappa shape index (κ1) is 178. The van der Waals surface area contributed by atoms with Crippen LogP contribution in [0.25, 0.3) is 0 Å². The monoisotopic (exact) mass is 1480 g/mol. The molecule has 0 radical (unpaired) electrons. The Labute approximate surface area is 708 Å². The third kappa shape index (κ3) is 3250. The maximum Gasteiger partial charge on any atom is 3.00 e. The van der Waals surface area contributed by atoms with E-state index in [4.69, 9.17) is 200 Å². The van der Waals surface area contributed by atoms with Crippen molar-refractivity contribution in [1.82, 2.24) is 0 Å². The third-order valence-corrected chi connectivity index (χ3v) is 0. The SMILES string of the molecule is O=P([O-])([O-])[O-].O=P([O-])([O-])[O-].O=P([O-])([O-])[O-].O=P([O-])([O-])[O-].O=P([O-])([O-])[O-].O=P([O-])([O-])[O-].O=[Si]([O-])[O-].O=[Si]([O-])[O-].O=[Si]([O-])[O-].O=[Si]([O-])[O-].O=[Si]([O-])[O-].O=[Si]([O-])[O-].[Al+3].[Al+3].[Al+3].[Al+3].[Al+3].[Ca+2].[Ca+2].[Ca+2].[Ca+2].[Ca+2].[Na+].[Na+].[Na+].[Na+].[Na+]. The van der Waals surface area contributed by atoms with E-state index in [2.05, 4.69) is 0 Å². The second-order valence-corrected chi connectivity index (χ2v) is 12.5. The van der Waals surface area contributed by atoms with E-state index in [1.165, 1.54) is 0 Å². The molecule has 0 N–H and O–H groups in total. The summed E-state index contributed by atoms with van der Waals surface area (Å²) in [6.07, 6.45) is 0. The Hall–Kier alpha value is 12.3. The molecule has 0 heterocycles. The molecule has 0 aromatic rings. The minimum absolute atomic E-state index is 0. The minimum Gasteiger partial charge on any atom is -0.822 e. The van der Waals surface area contributed by atoms with Crippen molar-refractivity contribution in [2.24, 2.45) is 0 Å². The van der Waals surface area contributed by atoms with Gasteiger partial charge in [0.05, 0.1) is 0 Å².